The number of hydrogen-bond donors (Lipinski definition) is 2. The second-order valence-corrected chi connectivity index (χ2v) is 6.67. The van der Waals surface area contributed by atoms with E-state index in [-0.39, 0.29) is 23.4 Å². The molecule has 1 aliphatic heterocycles. The van der Waals surface area contributed by atoms with Crippen LogP contribution >= 0.6 is 0 Å². The molecule has 2 fully saturated rings. The lowest BCUT2D eigenvalue weighted by molar-refractivity contribution is -0.117. The van der Waals surface area contributed by atoms with Gasteiger partial charge in [-0.15, -0.1) is 0 Å². The van der Waals surface area contributed by atoms with Gasteiger partial charge in [0.2, 0.25) is 5.91 Å². The van der Waals surface area contributed by atoms with E-state index in [1.54, 1.807) is 11.0 Å². The monoisotopic (exact) mass is 333 g/mol. The highest BCUT2D eigenvalue weighted by atomic mass is 19.1. The lowest BCUT2D eigenvalue weighted by atomic mass is 9.84. The largest absolute Gasteiger partial charge is 0.349 e. The van der Waals surface area contributed by atoms with E-state index < -0.39 is 11.7 Å². The Morgan fingerprint density at radius 2 is 2.08 bits per heavy atom. The summed E-state index contributed by atoms with van der Waals surface area (Å²) in [4.78, 5) is 26.0. The molecule has 1 aromatic rings. The molecular formula is C18H24FN3O2. The number of halogens is 1. The first kappa shape index (κ1) is 16.9. The van der Waals surface area contributed by atoms with Crippen LogP contribution in [0.15, 0.2) is 18.2 Å². The zero-order valence-corrected chi connectivity index (χ0v) is 13.8. The highest BCUT2D eigenvalue weighted by Gasteiger charge is 2.28. The number of nitrogens with one attached hydrogen (secondary N) is 1. The highest BCUT2D eigenvalue weighted by molar-refractivity contribution is 5.99. The molecule has 5 nitrogen and oxygen atoms in total. The first-order valence-electron chi connectivity index (χ1n) is 8.71. The Morgan fingerprint density at radius 1 is 1.29 bits per heavy atom. The number of amides is 2. The van der Waals surface area contributed by atoms with Crippen molar-refractivity contribution in [1.29, 1.82) is 0 Å². The molecule has 1 saturated carbocycles. The van der Waals surface area contributed by atoms with Crippen molar-refractivity contribution < 1.29 is 14.0 Å². The van der Waals surface area contributed by atoms with Crippen LogP contribution in [0.3, 0.4) is 0 Å². The van der Waals surface area contributed by atoms with Crippen molar-refractivity contribution in [3.8, 4) is 0 Å². The van der Waals surface area contributed by atoms with Crippen LogP contribution in [0.25, 0.3) is 0 Å². The van der Waals surface area contributed by atoms with Gasteiger partial charge in [-0.05, 0) is 49.9 Å². The van der Waals surface area contributed by atoms with Crippen LogP contribution in [0.5, 0.6) is 0 Å². The van der Waals surface area contributed by atoms with Crippen molar-refractivity contribution in [1.82, 2.24) is 5.32 Å². The summed E-state index contributed by atoms with van der Waals surface area (Å²) in [5.74, 6) is -0.730. The van der Waals surface area contributed by atoms with Gasteiger partial charge in [-0.3, -0.25) is 9.59 Å². The fraction of sp³-hybridized carbons (Fsp3) is 0.556. The summed E-state index contributed by atoms with van der Waals surface area (Å²) in [5.41, 5.74) is 6.37. The zero-order valence-electron chi connectivity index (χ0n) is 13.8. The van der Waals surface area contributed by atoms with Crippen LogP contribution < -0.4 is 16.0 Å². The van der Waals surface area contributed by atoms with Crippen LogP contribution in [0, 0.1) is 11.7 Å². The van der Waals surface area contributed by atoms with Gasteiger partial charge in [-0.1, -0.05) is 12.8 Å². The summed E-state index contributed by atoms with van der Waals surface area (Å²) in [7, 11) is 0. The fourth-order valence-electron chi connectivity index (χ4n) is 3.70. The van der Waals surface area contributed by atoms with E-state index in [9.17, 15) is 14.0 Å². The zero-order chi connectivity index (χ0) is 17.1. The predicted octanol–water partition coefficient (Wildman–Crippen LogP) is 2.20. The average Bonchev–Trinajstić information content (AvgIpc) is 3.02. The number of carbonyl (C=O) groups is 2. The molecule has 0 spiro atoms. The van der Waals surface area contributed by atoms with Gasteiger partial charge >= 0.3 is 0 Å². The Bertz CT molecular complexity index is 635. The van der Waals surface area contributed by atoms with Gasteiger partial charge in [0.25, 0.3) is 5.91 Å². The molecular weight excluding hydrogens is 309 g/mol. The molecule has 2 amide bonds. The third-order valence-electron chi connectivity index (χ3n) is 5.11. The molecule has 3 rings (SSSR count). The second-order valence-electron chi connectivity index (χ2n) is 6.67. The smallest absolute Gasteiger partial charge is 0.254 e. The minimum absolute atomic E-state index is 0.00598. The lowest BCUT2D eigenvalue weighted by Gasteiger charge is -2.31. The molecule has 3 N–H and O–H groups in total. The summed E-state index contributed by atoms with van der Waals surface area (Å²) in [6.07, 6.45) is 5.32. The van der Waals surface area contributed by atoms with Crippen LogP contribution in [0.1, 0.15) is 48.9 Å². The van der Waals surface area contributed by atoms with Crippen molar-refractivity contribution in [3.63, 3.8) is 0 Å². The maximum absolute atomic E-state index is 14.1. The van der Waals surface area contributed by atoms with Crippen LogP contribution in [0.4, 0.5) is 10.1 Å². The summed E-state index contributed by atoms with van der Waals surface area (Å²) < 4.78 is 14.1. The summed E-state index contributed by atoms with van der Waals surface area (Å²) in [5, 5.41) is 2.94. The molecule has 1 aromatic carbocycles. The normalized spacial score (nSPS) is 24.2. The fourth-order valence-corrected chi connectivity index (χ4v) is 3.70. The molecule has 24 heavy (non-hydrogen) atoms. The molecule has 2 atom stereocenters. The van der Waals surface area contributed by atoms with Gasteiger partial charge in [-0.25, -0.2) is 4.39 Å². The number of benzene rings is 1. The number of anilines is 1. The Balaban J connectivity index is 1.77. The third kappa shape index (κ3) is 3.43. The lowest BCUT2D eigenvalue weighted by Crippen LogP contribution is -2.45. The molecule has 1 saturated heterocycles. The van der Waals surface area contributed by atoms with E-state index >= 15 is 0 Å². The average molecular weight is 333 g/mol. The van der Waals surface area contributed by atoms with E-state index in [0.717, 1.165) is 32.1 Å². The Morgan fingerprint density at radius 3 is 2.79 bits per heavy atom. The number of carbonyl (C=O) groups excluding carboxylic acids is 2. The van der Waals surface area contributed by atoms with Gasteiger partial charge < -0.3 is 16.0 Å². The summed E-state index contributed by atoms with van der Waals surface area (Å²) >= 11 is 0. The predicted molar refractivity (Wildman–Crippen MR) is 90.3 cm³/mol. The van der Waals surface area contributed by atoms with Crippen LogP contribution in [-0.4, -0.2) is 30.9 Å². The quantitative estimate of drug-likeness (QED) is 0.887. The van der Waals surface area contributed by atoms with Crippen molar-refractivity contribution >= 4 is 17.5 Å². The Kier molecular flexibility index (Phi) is 5.14. The van der Waals surface area contributed by atoms with Crippen molar-refractivity contribution in [2.75, 3.05) is 18.0 Å². The maximum Gasteiger partial charge on any atom is 0.254 e. The molecule has 6 heteroatoms. The first-order valence-corrected chi connectivity index (χ1v) is 8.71. The SMILES string of the molecule is NCC1CCCCC1NC(=O)c1cc(N2CCCC2=O)ccc1F. The third-order valence-corrected chi connectivity index (χ3v) is 5.11. The van der Waals surface area contributed by atoms with E-state index in [0.29, 0.717) is 25.2 Å². The van der Waals surface area contributed by atoms with E-state index in [2.05, 4.69) is 5.32 Å². The summed E-state index contributed by atoms with van der Waals surface area (Å²) in [6, 6.07) is 4.29. The molecule has 0 radical (unpaired) electrons. The number of rotatable bonds is 4. The van der Waals surface area contributed by atoms with Gasteiger partial charge in [0, 0.05) is 24.7 Å². The van der Waals surface area contributed by atoms with Crippen molar-refractivity contribution in [3.05, 3.63) is 29.6 Å². The van der Waals surface area contributed by atoms with E-state index in [1.807, 2.05) is 0 Å². The molecule has 2 unspecified atom stereocenters. The van der Waals surface area contributed by atoms with Gasteiger partial charge in [0.1, 0.15) is 5.82 Å². The Labute approximate surface area is 141 Å². The Hall–Kier alpha value is -1.95. The topological polar surface area (TPSA) is 75.4 Å². The molecule has 1 aliphatic carbocycles. The molecule has 0 bridgehead atoms. The van der Waals surface area contributed by atoms with Crippen molar-refractivity contribution in [2.24, 2.45) is 11.7 Å². The van der Waals surface area contributed by atoms with Gasteiger partial charge in [0.15, 0.2) is 0 Å². The van der Waals surface area contributed by atoms with Crippen LogP contribution in [0.2, 0.25) is 0 Å². The minimum atomic E-state index is -0.567. The van der Waals surface area contributed by atoms with Crippen molar-refractivity contribution in [2.45, 2.75) is 44.6 Å². The van der Waals surface area contributed by atoms with E-state index in [4.69, 9.17) is 5.73 Å². The second kappa shape index (κ2) is 7.30. The molecule has 130 valence electrons. The standard InChI is InChI=1S/C18H24FN3O2/c19-15-8-7-13(22-9-3-6-17(22)23)10-14(15)18(24)21-16-5-2-1-4-12(16)11-20/h7-8,10,12,16H,1-6,9,11,20H2,(H,21,24). The van der Waals surface area contributed by atoms with Gasteiger partial charge in [0.05, 0.1) is 5.56 Å². The molecule has 1 heterocycles. The molecule has 2 aliphatic rings. The summed E-state index contributed by atoms with van der Waals surface area (Å²) in [6.45, 7) is 1.14. The first-order chi connectivity index (χ1) is 11.6. The van der Waals surface area contributed by atoms with Gasteiger partial charge in [-0.2, -0.15) is 0 Å². The van der Waals surface area contributed by atoms with E-state index in [1.165, 1.54) is 12.1 Å². The highest BCUT2D eigenvalue weighted by Crippen LogP contribution is 2.26. The maximum atomic E-state index is 14.1. The van der Waals surface area contributed by atoms with Crippen LogP contribution in [-0.2, 0) is 4.79 Å². The minimum Gasteiger partial charge on any atom is -0.349 e. The number of nitrogens with two attached hydrogens (primary N) is 1. The molecule has 0 aromatic heterocycles. The number of nitrogens with zero attached hydrogens (tertiary/aromatic N) is 1. The number of hydrogen-bond acceptors (Lipinski definition) is 3.